The number of carbonyl (C=O) groups is 1. The van der Waals surface area contributed by atoms with E-state index in [1.165, 1.54) is 6.20 Å². The third-order valence-corrected chi connectivity index (χ3v) is 2.08. The van der Waals surface area contributed by atoms with Crippen LogP contribution in [-0.4, -0.2) is 41.7 Å². The Hall–Kier alpha value is -1.66. The topological polar surface area (TPSA) is 100 Å². The number of primary amides is 1. The van der Waals surface area contributed by atoms with Crippen LogP contribution in [0.25, 0.3) is 0 Å². The van der Waals surface area contributed by atoms with Gasteiger partial charge in [0.2, 0.25) is 0 Å². The number of amides is 1. The molecule has 0 aromatic carbocycles. The minimum Gasteiger partial charge on any atom is -0.392 e. The number of nitrogens with two attached hydrogens (primary N) is 1. The van der Waals surface area contributed by atoms with Crippen molar-refractivity contribution in [2.45, 2.75) is 13.0 Å². The molecule has 0 radical (unpaired) electrons. The first kappa shape index (κ1) is 13.4. The van der Waals surface area contributed by atoms with Crippen LogP contribution in [0.15, 0.2) is 18.3 Å². The zero-order valence-electron chi connectivity index (χ0n) is 9.81. The third-order valence-electron chi connectivity index (χ3n) is 2.08. The van der Waals surface area contributed by atoms with Crippen LogP contribution in [0, 0.1) is 0 Å². The van der Waals surface area contributed by atoms with Gasteiger partial charge in [0, 0.05) is 31.5 Å². The predicted molar refractivity (Wildman–Crippen MR) is 65.8 cm³/mol. The highest BCUT2D eigenvalue weighted by Gasteiger charge is 2.02. The van der Waals surface area contributed by atoms with Gasteiger partial charge < -0.3 is 21.5 Å². The van der Waals surface area contributed by atoms with Gasteiger partial charge in [0.05, 0.1) is 6.10 Å². The van der Waals surface area contributed by atoms with Crippen molar-refractivity contribution < 1.29 is 9.90 Å². The van der Waals surface area contributed by atoms with Crippen LogP contribution in [0.5, 0.6) is 0 Å². The molecule has 94 valence electrons. The van der Waals surface area contributed by atoms with Gasteiger partial charge in [-0.05, 0) is 19.1 Å². The summed E-state index contributed by atoms with van der Waals surface area (Å²) in [6.07, 6.45) is 1.18. The van der Waals surface area contributed by atoms with Crippen molar-refractivity contribution in [3.63, 3.8) is 0 Å². The van der Waals surface area contributed by atoms with Crippen molar-refractivity contribution in [1.29, 1.82) is 0 Å². The third kappa shape index (κ3) is 5.28. The zero-order valence-corrected chi connectivity index (χ0v) is 9.81. The van der Waals surface area contributed by atoms with E-state index < -0.39 is 5.91 Å². The van der Waals surface area contributed by atoms with Gasteiger partial charge in [-0.15, -0.1) is 0 Å². The molecule has 6 heteroatoms. The van der Waals surface area contributed by atoms with Crippen molar-refractivity contribution in [3.8, 4) is 0 Å². The Morgan fingerprint density at radius 2 is 2.35 bits per heavy atom. The van der Waals surface area contributed by atoms with Crippen LogP contribution in [-0.2, 0) is 0 Å². The first-order valence-corrected chi connectivity index (χ1v) is 5.48. The Balaban J connectivity index is 2.31. The van der Waals surface area contributed by atoms with Gasteiger partial charge in [0.25, 0.3) is 5.91 Å². The highest BCUT2D eigenvalue weighted by molar-refractivity contribution is 5.91. The maximum absolute atomic E-state index is 10.9. The van der Waals surface area contributed by atoms with Crippen molar-refractivity contribution >= 4 is 11.6 Å². The fourth-order valence-electron chi connectivity index (χ4n) is 1.28. The Morgan fingerprint density at radius 3 is 3.00 bits per heavy atom. The van der Waals surface area contributed by atoms with E-state index in [0.29, 0.717) is 13.1 Å². The van der Waals surface area contributed by atoms with Crippen molar-refractivity contribution in [2.24, 2.45) is 5.73 Å². The van der Waals surface area contributed by atoms with Crippen molar-refractivity contribution in [1.82, 2.24) is 10.3 Å². The smallest absolute Gasteiger partial charge is 0.267 e. The molecule has 1 aromatic rings. The molecule has 0 saturated carbocycles. The lowest BCUT2D eigenvalue weighted by Gasteiger charge is -2.09. The average molecular weight is 238 g/mol. The molecule has 0 saturated heterocycles. The van der Waals surface area contributed by atoms with E-state index in [1.54, 1.807) is 19.1 Å². The van der Waals surface area contributed by atoms with Crippen LogP contribution >= 0.6 is 0 Å². The van der Waals surface area contributed by atoms with Crippen LogP contribution < -0.4 is 16.4 Å². The number of anilines is 1. The molecule has 0 aliphatic heterocycles. The van der Waals surface area contributed by atoms with Crippen molar-refractivity contribution in [3.05, 3.63) is 24.0 Å². The first-order chi connectivity index (χ1) is 8.09. The minimum atomic E-state index is -0.541. The molecule has 0 fully saturated rings. The highest BCUT2D eigenvalue weighted by atomic mass is 16.3. The molecule has 1 aromatic heterocycles. The molecular formula is C11H18N4O2. The molecule has 1 atom stereocenters. The summed E-state index contributed by atoms with van der Waals surface area (Å²) >= 11 is 0. The molecule has 1 rings (SSSR count). The van der Waals surface area contributed by atoms with E-state index in [0.717, 1.165) is 12.2 Å². The second-order valence-electron chi connectivity index (χ2n) is 3.77. The maximum Gasteiger partial charge on any atom is 0.267 e. The molecule has 1 heterocycles. The molecule has 17 heavy (non-hydrogen) atoms. The summed E-state index contributed by atoms with van der Waals surface area (Å²) in [4.78, 5) is 14.7. The predicted octanol–water partition coefficient (Wildman–Crippen LogP) is -0.437. The zero-order chi connectivity index (χ0) is 12.7. The molecule has 5 N–H and O–H groups in total. The molecule has 0 bridgehead atoms. The number of aromatic nitrogens is 1. The van der Waals surface area contributed by atoms with Gasteiger partial charge in [0.1, 0.15) is 5.69 Å². The number of aliphatic hydroxyl groups is 1. The summed E-state index contributed by atoms with van der Waals surface area (Å²) in [6, 6.07) is 3.37. The number of carbonyl (C=O) groups excluding carboxylic acids is 1. The summed E-state index contributed by atoms with van der Waals surface area (Å²) in [5.74, 6) is -0.541. The average Bonchev–Trinajstić information content (AvgIpc) is 2.28. The van der Waals surface area contributed by atoms with Gasteiger partial charge in [-0.3, -0.25) is 9.78 Å². The fourth-order valence-corrected chi connectivity index (χ4v) is 1.28. The van der Waals surface area contributed by atoms with Crippen LogP contribution in [0.2, 0.25) is 0 Å². The highest BCUT2D eigenvalue weighted by Crippen LogP contribution is 2.06. The summed E-state index contributed by atoms with van der Waals surface area (Å²) in [5, 5.41) is 15.2. The maximum atomic E-state index is 10.9. The van der Waals surface area contributed by atoms with Gasteiger partial charge >= 0.3 is 0 Å². The SMILES string of the molecule is CC(O)CNCCNc1ccnc(C(N)=O)c1. The standard InChI is InChI=1S/C11H18N4O2/c1-8(16)7-13-4-5-14-9-2-3-15-10(6-9)11(12)17/h2-3,6,8,13,16H,4-5,7H2,1H3,(H2,12,17)(H,14,15). The lowest BCUT2D eigenvalue weighted by molar-refractivity contribution is 0.0995. The Bertz CT molecular complexity index is 368. The van der Waals surface area contributed by atoms with Crippen LogP contribution in [0.1, 0.15) is 17.4 Å². The fraction of sp³-hybridized carbons (Fsp3) is 0.455. The number of hydrogen-bond donors (Lipinski definition) is 4. The summed E-state index contributed by atoms with van der Waals surface area (Å²) in [7, 11) is 0. The number of nitrogens with zero attached hydrogens (tertiary/aromatic N) is 1. The molecule has 6 nitrogen and oxygen atoms in total. The molecule has 1 amide bonds. The number of hydrogen-bond acceptors (Lipinski definition) is 5. The normalized spacial score (nSPS) is 12.1. The van der Waals surface area contributed by atoms with E-state index in [4.69, 9.17) is 10.8 Å². The van der Waals surface area contributed by atoms with E-state index >= 15 is 0 Å². The lowest BCUT2D eigenvalue weighted by atomic mass is 10.3. The summed E-state index contributed by atoms with van der Waals surface area (Å²) in [6.45, 7) is 3.70. The molecule has 0 aliphatic carbocycles. The second kappa shape index (κ2) is 6.82. The molecule has 0 aliphatic rings. The van der Waals surface area contributed by atoms with E-state index in [-0.39, 0.29) is 11.8 Å². The number of nitrogens with one attached hydrogen (secondary N) is 2. The first-order valence-electron chi connectivity index (χ1n) is 5.48. The second-order valence-corrected chi connectivity index (χ2v) is 3.77. The number of rotatable bonds is 7. The molecular weight excluding hydrogens is 220 g/mol. The molecule has 1 unspecified atom stereocenters. The monoisotopic (exact) mass is 238 g/mol. The summed E-state index contributed by atoms with van der Waals surface area (Å²) < 4.78 is 0. The Morgan fingerprint density at radius 1 is 1.59 bits per heavy atom. The van der Waals surface area contributed by atoms with Gasteiger partial charge in [0.15, 0.2) is 0 Å². The van der Waals surface area contributed by atoms with Gasteiger partial charge in [-0.1, -0.05) is 0 Å². The van der Waals surface area contributed by atoms with E-state index in [9.17, 15) is 4.79 Å². The summed E-state index contributed by atoms with van der Waals surface area (Å²) in [5.41, 5.74) is 6.16. The van der Waals surface area contributed by atoms with Gasteiger partial charge in [-0.2, -0.15) is 0 Å². The minimum absolute atomic E-state index is 0.243. The number of aliphatic hydroxyl groups excluding tert-OH is 1. The largest absolute Gasteiger partial charge is 0.392 e. The molecule has 0 spiro atoms. The van der Waals surface area contributed by atoms with E-state index in [1.807, 2.05) is 0 Å². The Labute approximate surface area is 100 Å². The Kier molecular flexibility index (Phi) is 5.38. The van der Waals surface area contributed by atoms with Crippen molar-refractivity contribution in [2.75, 3.05) is 25.0 Å². The quantitative estimate of drug-likeness (QED) is 0.483. The lowest BCUT2D eigenvalue weighted by Crippen LogP contribution is -2.29. The number of pyridine rings is 1. The van der Waals surface area contributed by atoms with Crippen LogP contribution in [0.4, 0.5) is 5.69 Å². The van der Waals surface area contributed by atoms with Gasteiger partial charge in [-0.25, -0.2) is 0 Å². The van der Waals surface area contributed by atoms with E-state index in [2.05, 4.69) is 15.6 Å². The van der Waals surface area contributed by atoms with Crippen LogP contribution in [0.3, 0.4) is 0 Å².